The van der Waals surface area contributed by atoms with Gasteiger partial charge in [-0.3, -0.25) is 0 Å². The van der Waals surface area contributed by atoms with Crippen LogP contribution >= 0.6 is 0 Å². The van der Waals surface area contributed by atoms with E-state index in [-0.39, 0.29) is 5.41 Å². The predicted octanol–water partition coefficient (Wildman–Crippen LogP) is 3.49. The fraction of sp³-hybridized carbons (Fsp3) is 0.588. The molecule has 0 unspecified atom stereocenters. The van der Waals surface area contributed by atoms with Crippen molar-refractivity contribution in [1.29, 1.82) is 5.26 Å². The Labute approximate surface area is 121 Å². The molecular weight excluding hydrogens is 248 g/mol. The van der Waals surface area contributed by atoms with E-state index in [1.54, 1.807) is 0 Å². The Morgan fingerprint density at radius 1 is 1.30 bits per heavy atom. The van der Waals surface area contributed by atoms with Crippen LogP contribution in [-0.2, 0) is 6.54 Å². The first-order valence-corrected chi connectivity index (χ1v) is 7.41. The summed E-state index contributed by atoms with van der Waals surface area (Å²) in [5.74, 6) is 0.995. The predicted molar refractivity (Wildman–Crippen MR) is 80.7 cm³/mol. The van der Waals surface area contributed by atoms with Gasteiger partial charge in [0.15, 0.2) is 0 Å². The maximum atomic E-state index is 8.85. The summed E-state index contributed by atoms with van der Waals surface area (Å²) in [6.45, 7) is 8.86. The molecule has 1 N–H and O–H groups in total. The smallest absolute Gasteiger partial charge is 0.125 e. The molecule has 0 saturated heterocycles. The molecule has 0 spiro atoms. The van der Waals surface area contributed by atoms with Crippen molar-refractivity contribution < 1.29 is 4.74 Å². The van der Waals surface area contributed by atoms with E-state index in [1.807, 2.05) is 0 Å². The zero-order valence-corrected chi connectivity index (χ0v) is 12.8. The summed E-state index contributed by atoms with van der Waals surface area (Å²) in [4.78, 5) is 0. The molecule has 0 amide bonds. The highest BCUT2D eigenvalue weighted by Crippen LogP contribution is 2.49. The van der Waals surface area contributed by atoms with Crippen LogP contribution in [0.15, 0.2) is 12.1 Å². The van der Waals surface area contributed by atoms with Crippen LogP contribution in [0.25, 0.3) is 0 Å². The SMILES string of the molecule is CCNCc1cc(C)c(OCC2(CC#N)CC2)c(C)c1. The van der Waals surface area contributed by atoms with Crippen LogP contribution in [0.3, 0.4) is 0 Å². The molecule has 108 valence electrons. The van der Waals surface area contributed by atoms with Crippen LogP contribution in [0.2, 0.25) is 0 Å². The van der Waals surface area contributed by atoms with Gasteiger partial charge < -0.3 is 10.1 Å². The van der Waals surface area contributed by atoms with Gasteiger partial charge in [-0.2, -0.15) is 5.26 Å². The van der Waals surface area contributed by atoms with Gasteiger partial charge in [0.2, 0.25) is 0 Å². The third-order valence-corrected chi connectivity index (χ3v) is 4.03. The number of hydrogen-bond acceptors (Lipinski definition) is 3. The molecule has 1 aromatic rings. The molecule has 0 aromatic heterocycles. The first-order valence-electron chi connectivity index (χ1n) is 7.41. The Balaban J connectivity index is 2.03. The zero-order valence-electron chi connectivity index (χ0n) is 12.8. The van der Waals surface area contributed by atoms with Crippen LogP contribution in [0.4, 0.5) is 0 Å². The van der Waals surface area contributed by atoms with E-state index in [4.69, 9.17) is 10.00 Å². The summed E-state index contributed by atoms with van der Waals surface area (Å²) >= 11 is 0. The van der Waals surface area contributed by atoms with E-state index in [1.165, 1.54) is 16.7 Å². The van der Waals surface area contributed by atoms with E-state index < -0.39 is 0 Å². The van der Waals surface area contributed by atoms with E-state index in [2.05, 4.69) is 44.3 Å². The van der Waals surface area contributed by atoms with Crippen LogP contribution in [0.5, 0.6) is 5.75 Å². The lowest BCUT2D eigenvalue weighted by Gasteiger charge is -2.17. The highest BCUT2D eigenvalue weighted by Gasteiger charge is 2.43. The quantitative estimate of drug-likeness (QED) is 0.826. The first-order chi connectivity index (χ1) is 9.60. The largest absolute Gasteiger partial charge is 0.492 e. The molecule has 1 aromatic carbocycles. The maximum Gasteiger partial charge on any atom is 0.125 e. The van der Waals surface area contributed by atoms with Gasteiger partial charge in [-0.05, 0) is 49.9 Å². The van der Waals surface area contributed by atoms with Crippen molar-refractivity contribution >= 4 is 0 Å². The minimum absolute atomic E-state index is 0.135. The number of rotatable bonds is 7. The van der Waals surface area contributed by atoms with Gasteiger partial charge in [-0.15, -0.1) is 0 Å². The van der Waals surface area contributed by atoms with Gasteiger partial charge in [0.1, 0.15) is 5.75 Å². The Hall–Kier alpha value is -1.53. The fourth-order valence-corrected chi connectivity index (χ4v) is 2.58. The normalized spacial score (nSPS) is 15.7. The second-order valence-electron chi connectivity index (χ2n) is 5.96. The monoisotopic (exact) mass is 272 g/mol. The van der Waals surface area contributed by atoms with E-state index in [9.17, 15) is 0 Å². The van der Waals surface area contributed by atoms with E-state index >= 15 is 0 Å². The third kappa shape index (κ3) is 3.52. The molecule has 3 heteroatoms. The van der Waals surface area contributed by atoms with Gasteiger partial charge in [0, 0.05) is 18.4 Å². The van der Waals surface area contributed by atoms with Crippen LogP contribution in [0.1, 0.15) is 42.9 Å². The lowest BCUT2D eigenvalue weighted by atomic mass is 10.0. The number of nitrogens with one attached hydrogen (secondary N) is 1. The number of nitrogens with zero attached hydrogens (tertiary/aromatic N) is 1. The minimum Gasteiger partial charge on any atom is -0.492 e. The molecule has 0 heterocycles. The Morgan fingerprint density at radius 3 is 2.45 bits per heavy atom. The molecule has 1 aliphatic rings. The number of ether oxygens (including phenoxy) is 1. The lowest BCUT2D eigenvalue weighted by Crippen LogP contribution is -2.15. The second kappa shape index (κ2) is 6.28. The third-order valence-electron chi connectivity index (χ3n) is 4.03. The molecule has 0 radical (unpaired) electrons. The number of hydrogen-bond donors (Lipinski definition) is 1. The minimum atomic E-state index is 0.135. The highest BCUT2D eigenvalue weighted by molar-refractivity contribution is 5.43. The van der Waals surface area contributed by atoms with Crippen molar-refractivity contribution in [2.75, 3.05) is 13.2 Å². The van der Waals surface area contributed by atoms with Crippen molar-refractivity contribution in [2.24, 2.45) is 5.41 Å². The topological polar surface area (TPSA) is 45.0 Å². The molecule has 0 bridgehead atoms. The van der Waals surface area contributed by atoms with Crippen molar-refractivity contribution in [3.8, 4) is 11.8 Å². The lowest BCUT2D eigenvalue weighted by molar-refractivity contribution is 0.234. The van der Waals surface area contributed by atoms with Crippen molar-refractivity contribution in [3.05, 3.63) is 28.8 Å². The number of aryl methyl sites for hydroxylation is 2. The van der Waals surface area contributed by atoms with Crippen molar-refractivity contribution in [2.45, 2.75) is 46.6 Å². The van der Waals surface area contributed by atoms with Crippen LogP contribution in [0, 0.1) is 30.6 Å². The highest BCUT2D eigenvalue weighted by atomic mass is 16.5. The summed E-state index contributed by atoms with van der Waals surface area (Å²) in [5, 5.41) is 12.2. The number of benzene rings is 1. The molecule has 1 saturated carbocycles. The van der Waals surface area contributed by atoms with E-state index in [0.717, 1.165) is 31.7 Å². The summed E-state index contributed by atoms with van der Waals surface area (Å²) < 4.78 is 6.04. The van der Waals surface area contributed by atoms with Crippen molar-refractivity contribution in [1.82, 2.24) is 5.32 Å². The maximum absolute atomic E-state index is 8.85. The fourth-order valence-electron chi connectivity index (χ4n) is 2.58. The molecule has 1 fully saturated rings. The molecule has 2 rings (SSSR count). The summed E-state index contributed by atoms with van der Waals surface area (Å²) in [7, 11) is 0. The van der Waals surface area contributed by atoms with Gasteiger partial charge in [-0.25, -0.2) is 0 Å². The van der Waals surface area contributed by atoms with Crippen molar-refractivity contribution in [3.63, 3.8) is 0 Å². The average Bonchev–Trinajstić information content (AvgIpc) is 3.16. The van der Waals surface area contributed by atoms with Gasteiger partial charge in [0.05, 0.1) is 12.7 Å². The van der Waals surface area contributed by atoms with Gasteiger partial charge >= 0.3 is 0 Å². The Bertz CT molecular complexity index is 489. The molecule has 0 atom stereocenters. The summed E-state index contributed by atoms with van der Waals surface area (Å²) in [5.41, 5.74) is 3.81. The Morgan fingerprint density at radius 2 is 1.95 bits per heavy atom. The van der Waals surface area contributed by atoms with Crippen LogP contribution in [-0.4, -0.2) is 13.2 Å². The number of nitriles is 1. The molecule has 3 nitrogen and oxygen atoms in total. The molecule has 1 aliphatic carbocycles. The molecule has 0 aliphatic heterocycles. The summed E-state index contributed by atoms with van der Waals surface area (Å²) in [6.07, 6.45) is 2.86. The molecule has 20 heavy (non-hydrogen) atoms. The zero-order chi connectivity index (χ0) is 14.6. The van der Waals surface area contributed by atoms with Crippen LogP contribution < -0.4 is 10.1 Å². The van der Waals surface area contributed by atoms with Gasteiger partial charge in [0.25, 0.3) is 0 Å². The Kier molecular flexibility index (Phi) is 4.67. The average molecular weight is 272 g/mol. The summed E-state index contributed by atoms with van der Waals surface area (Å²) in [6, 6.07) is 6.66. The second-order valence-corrected chi connectivity index (χ2v) is 5.96. The van der Waals surface area contributed by atoms with Gasteiger partial charge in [-0.1, -0.05) is 19.1 Å². The first kappa shape index (κ1) is 14.9. The van der Waals surface area contributed by atoms with E-state index in [0.29, 0.717) is 13.0 Å². The standard InChI is InChI=1S/C17H24N2O/c1-4-19-11-15-9-13(2)16(14(3)10-15)20-12-17(5-6-17)7-8-18/h9-10,19H,4-7,11-12H2,1-3H3. The molecular formula is C17H24N2O.